The highest BCUT2D eigenvalue weighted by Gasteiger charge is 2.41. The van der Waals surface area contributed by atoms with Crippen molar-refractivity contribution in [3.05, 3.63) is 49.6 Å². The zero-order chi connectivity index (χ0) is 18.6. The summed E-state index contributed by atoms with van der Waals surface area (Å²) in [7, 11) is 1.19. The zero-order valence-electron chi connectivity index (χ0n) is 14.1. The summed E-state index contributed by atoms with van der Waals surface area (Å²) in [6.45, 7) is 3.70. The third-order valence-corrected chi connectivity index (χ3v) is 4.15. The highest BCUT2D eigenvalue weighted by molar-refractivity contribution is 5.84. The Morgan fingerprint density at radius 3 is 2.84 bits per heavy atom. The molecule has 0 aromatic carbocycles. The molecule has 1 aliphatic rings. The van der Waals surface area contributed by atoms with Crippen molar-refractivity contribution in [2.24, 2.45) is 11.0 Å². The number of hydrogen-bond acceptors (Lipinski definition) is 6. The van der Waals surface area contributed by atoms with Gasteiger partial charge in [-0.25, -0.2) is 14.2 Å². The van der Waals surface area contributed by atoms with Gasteiger partial charge in [-0.1, -0.05) is 19.0 Å². The number of carbonyl (C=O) groups excluding carboxylic acids is 1. The number of rotatable bonds is 5. The first-order valence-electron chi connectivity index (χ1n) is 7.74. The summed E-state index contributed by atoms with van der Waals surface area (Å²) in [4.78, 5) is 38.6. The molecule has 4 atom stereocenters. The van der Waals surface area contributed by atoms with Crippen molar-refractivity contribution in [1.82, 2.24) is 9.13 Å². The van der Waals surface area contributed by atoms with Crippen molar-refractivity contribution >= 4 is 12.2 Å². The van der Waals surface area contributed by atoms with Gasteiger partial charge in [-0.05, 0) is 12.0 Å². The van der Waals surface area contributed by atoms with E-state index in [4.69, 9.17) is 10.3 Å². The van der Waals surface area contributed by atoms with Gasteiger partial charge in [0.25, 0.3) is 5.56 Å². The molecule has 1 aliphatic heterocycles. The van der Waals surface area contributed by atoms with E-state index in [9.17, 15) is 14.4 Å². The van der Waals surface area contributed by atoms with E-state index in [1.165, 1.54) is 23.9 Å². The van der Waals surface area contributed by atoms with Crippen LogP contribution < -0.4 is 11.2 Å². The van der Waals surface area contributed by atoms with E-state index in [2.05, 4.69) is 14.8 Å². The second-order valence-electron chi connectivity index (χ2n) is 5.58. The minimum Gasteiger partial charge on any atom is -0.466 e. The molecule has 0 saturated carbocycles. The van der Waals surface area contributed by atoms with Crippen LogP contribution in [0.15, 0.2) is 33.0 Å². The Bertz CT molecular complexity index is 835. The van der Waals surface area contributed by atoms with Gasteiger partial charge in [0, 0.05) is 35.4 Å². The van der Waals surface area contributed by atoms with E-state index in [0.29, 0.717) is 6.42 Å². The van der Waals surface area contributed by atoms with E-state index in [0.717, 1.165) is 16.8 Å². The maximum Gasteiger partial charge on any atom is 0.337 e. The molecule has 1 saturated heterocycles. The molecule has 0 spiro atoms. The van der Waals surface area contributed by atoms with Gasteiger partial charge in [0.15, 0.2) is 0 Å². The molecule has 0 aliphatic carbocycles. The first-order chi connectivity index (χ1) is 11.9. The van der Waals surface area contributed by atoms with Crippen LogP contribution in [0.2, 0.25) is 0 Å². The molecule has 0 bridgehead atoms. The molecule has 0 N–H and O–H groups in total. The second-order valence-corrected chi connectivity index (χ2v) is 5.58. The van der Waals surface area contributed by atoms with Crippen LogP contribution in [0, 0.1) is 5.92 Å². The van der Waals surface area contributed by atoms with E-state index >= 15 is 0 Å². The van der Waals surface area contributed by atoms with Crippen LogP contribution in [0.25, 0.3) is 16.6 Å². The van der Waals surface area contributed by atoms with Gasteiger partial charge in [0.1, 0.15) is 6.23 Å². The lowest BCUT2D eigenvalue weighted by atomic mass is 9.98. The molecule has 0 amide bonds. The third kappa shape index (κ3) is 3.65. The number of nitrogens with zero attached hydrogens (tertiary/aromatic N) is 5. The Balaban J connectivity index is 2.45. The van der Waals surface area contributed by atoms with E-state index in [1.807, 2.05) is 13.8 Å². The molecular weight excluding hydrogens is 330 g/mol. The highest BCUT2D eigenvalue weighted by atomic mass is 16.5. The number of aromatic nitrogens is 2. The van der Waals surface area contributed by atoms with E-state index in [-0.39, 0.29) is 12.0 Å². The molecular formula is C15H19N5O5. The van der Waals surface area contributed by atoms with E-state index in [1.54, 1.807) is 0 Å². The third-order valence-electron chi connectivity index (χ3n) is 4.15. The largest absolute Gasteiger partial charge is 0.466 e. The van der Waals surface area contributed by atoms with Crippen LogP contribution in [0.3, 0.4) is 0 Å². The summed E-state index contributed by atoms with van der Waals surface area (Å²) in [6, 6.07) is 0.777. The predicted molar refractivity (Wildman–Crippen MR) is 88.6 cm³/mol. The molecule has 1 unspecified atom stereocenters. The number of azide groups is 1. The van der Waals surface area contributed by atoms with E-state index < -0.39 is 29.5 Å². The van der Waals surface area contributed by atoms with Crippen LogP contribution in [0.5, 0.6) is 0 Å². The zero-order valence-corrected chi connectivity index (χ0v) is 14.1. The van der Waals surface area contributed by atoms with Crippen molar-refractivity contribution in [2.45, 2.75) is 38.6 Å². The lowest BCUT2D eigenvalue weighted by molar-refractivity contribution is -0.134. The fourth-order valence-corrected chi connectivity index (χ4v) is 2.83. The average molecular weight is 349 g/mol. The number of methoxy groups -OCH3 is 1. The van der Waals surface area contributed by atoms with Crippen molar-refractivity contribution in [2.75, 3.05) is 7.11 Å². The Labute approximate surface area is 142 Å². The minimum absolute atomic E-state index is 0.269. The summed E-state index contributed by atoms with van der Waals surface area (Å²) in [5.74, 6) is -0.962. The topological polar surface area (TPSA) is 128 Å². The summed E-state index contributed by atoms with van der Waals surface area (Å²) >= 11 is 0. The number of carbonyl (C=O) groups is 1. The minimum atomic E-state index is -0.693. The summed E-state index contributed by atoms with van der Waals surface area (Å²) < 4.78 is 12.4. The van der Waals surface area contributed by atoms with Crippen molar-refractivity contribution in [3.63, 3.8) is 0 Å². The average Bonchev–Trinajstić information content (AvgIpc) is 2.91. The molecule has 1 aromatic rings. The Hall–Kier alpha value is -2.84. The fourth-order valence-electron chi connectivity index (χ4n) is 2.83. The number of hydrogen-bond donors (Lipinski definition) is 0. The lowest BCUT2D eigenvalue weighted by Gasteiger charge is -2.19. The standard InChI is InChI=1S/C15H19N5O5/c1-4-10-13(17-18-16)9(2)14(25-10)20-7-5-11(21)19(15(20)23)8-6-12(22)24-3/h5-10,13-14H,4H2,1-3H3/b8-6+/t9-,10+,13?,14+/m0/s1. The Kier molecular flexibility index (Phi) is 5.79. The van der Waals surface area contributed by atoms with Crippen molar-refractivity contribution in [3.8, 4) is 0 Å². The van der Waals surface area contributed by atoms with Gasteiger partial charge in [-0.3, -0.25) is 9.36 Å². The highest BCUT2D eigenvalue weighted by Crippen LogP contribution is 2.36. The molecule has 2 heterocycles. The molecule has 1 aromatic heterocycles. The molecule has 134 valence electrons. The molecule has 25 heavy (non-hydrogen) atoms. The first kappa shape index (κ1) is 18.5. The summed E-state index contributed by atoms with van der Waals surface area (Å²) in [5.41, 5.74) is 7.47. The van der Waals surface area contributed by atoms with Crippen LogP contribution in [-0.4, -0.2) is 34.4 Å². The van der Waals surface area contributed by atoms with Crippen LogP contribution in [0.1, 0.15) is 26.5 Å². The van der Waals surface area contributed by atoms with Gasteiger partial charge in [-0.15, -0.1) is 0 Å². The first-order valence-corrected chi connectivity index (χ1v) is 7.74. The molecule has 1 fully saturated rings. The van der Waals surface area contributed by atoms with Gasteiger partial charge >= 0.3 is 11.7 Å². The van der Waals surface area contributed by atoms with Gasteiger partial charge in [-0.2, -0.15) is 0 Å². The predicted octanol–water partition coefficient (Wildman–Crippen LogP) is 1.28. The molecule has 10 heteroatoms. The number of esters is 1. The lowest BCUT2D eigenvalue weighted by Crippen LogP contribution is -2.39. The Morgan fingerprint density at radius 2 is 2.24 bits per heavy atom. The van der Waals surface area contributed by atoms with Crippen LogP contribution in [-0.2, 0) is 14.3 Å². The Morgan fingerprint density at radius 1 is 1.52 bits per heavy atom. The normalized spacial score (nSPS) is 25.7. The van der Waals surface area contributed by atoms with Crippen LogP contribution in [0.4, 0.5) is 0 Å². The van der Waals surface area contributed by atoms with Gasteiger partial charge in [0.2, 0.25) is 0 Å². The van der Waals surface area contributed by atoms with Crippen molar-refractivity contribution in [1.29, 1.82) is 0 Å². The fraction of sp³-hybridized carbons (Fsp3) is 0.533. The molecule has 2 rings (SSSR count). The monoisotopic (exact) mass is 349 g/mol. The maximum absolute atomic E-state index is 12.6. The smallest absolute Gasteiger partial charge is 0.337 e. The van der Waals surface area contributed by atoms with Gasteiger partial charge < -0.3 is 9.47 Å². The van der Waals surface area contributed by atoms with Crippen LogP contribution >= 0.6 is 0 Å². The second kappa shape index (κ2) is 7.82. The maximum atomic E-state index is 12.6. The van der Waals surface area contributed by atoms with Gasteiger partial charge in [0.05, 0.1) is 19.3 Å². The number of ether oxygens (including phenoxy) is 2. The molecule has 10 nitrogen and oxygen atoms in total. The summed E-state index contributed by atoms with van der Waals surface area (Å²) in [5, 5.41) is 3.77. The van der Waals surface area contributed by atoms with Crippen molar-refractivity contribution < 1.29 is 14.3 Å². The molecule has 0 radical (unpaired) electrons. The quantitative estimate of drug-likeness (QED) is 0.260. The SMILES string of the molecule is CC[C@H]1O[C@@H](n2ccc(=O)n(/C=C/C(=O)OC)c2=O)[C@@H](C)C1N=[N+]=[N-]. The summed E-state index contributed by atoms with van der Waals surface area (Å²) in [6.07, 6.45) is 2.96.